The SMILES string of the molecule is CNC1CCCC1CCn1ncc(N2CCCC2)cc1=O. The zero-order valence-electron chi connectivity index (χ0n) is 12.9. The molecule has 0 radical (unpaired) electrons. The molecular weight excluding hydrogens is 264 g/mol. The highest BCUT2D eigenvalue weighted by Gasteiger charge is 2.25. The van der Waals surface area contributed by atoms with Crippen LogP contribution in [0.5, 0.6) is 0 Å². The molecule has 0 bridgehead atoms. The Labute approximate surface area is 126 Å². The van der Waals surface area contributed by atoms with Crippen molar-refractivity contribution in [3.63, 3.8) is 0 Å². The number of aromatic nitrogens is 2. The molecule has 5 heteroatoms. The highest BCUT2D eigenvalue weighted by Crippen LogP contribution is 2.28. The van der Waals surface area contributed by atoms with Gasteiger partial charge in [0, 0.05) is 31.7 Å². The smallest absolute Gasteiger partial charge is 0.268 e. The van der Waals surface area contributed by atoms with Crippen molar-refractivity contribution in [2.45, 2.75) is 51.1 Å². The quantitative estimate of drug-likeness (QED) is 0.895. The van der Waals surface area contributed by atoms with Crippen LogP contribution in [0.1, 0.15) is 38.5 Å². The van der Waals surface area contributed by atoms with Crippen LogP contribution in [0.15, 0.2) is 17.1 Å². The highest BCUT2D eigenvalue weighted by molar-refractivity contribution is 5.43. The summed E-state index contributed by atoms with van der Waals surface area (Å²) in [6.45, 7) is 2.84. The summed E-state index contributed by atoms with van der Waals surface area (Å²) in [5, 5.41) is 7.77. The normalized spacial score (nSPS) is 25.7. The lowest BCUT2D eigenvalue weighted by Crippen LogP contribution is -2.31. The van der Waals surface area contributed by atoms with E-state index >= 15 is 0 Å². The highest BCUT2D eigenvalue weighted by atomic mass is 16.1. The molecule has 2 atom stereocenters. The monoisotopic (exact) mass is 290 g/mol. The lowest BCUT2D eigenvalue weighted by molar-refractivity contribution is 0.365. The maximum atomic E-state index is 12.2. The van der Waals surface area contributed by atoms with Gasteiger partial charge in [0.05, 0.1) is 11.9 Å². The van der Waals surface area contributed by atoms with Crippen LogP contribution in [0, 0.1) is 5.92 Å². The summed E-state index contributed by atoms with van der Waals surface area (Å²) >= 11 is 0. The van der Waals surface area contributed by atoms with Crippen LogP contribution in [0.25, 0.3) is 0 Å². The summed E-state index contributed by atoms with van der Waals surface area (Å²) in [6.07, 6.45) is 9.17. The molecule has 2 aliphatic rings. The van der Waals surface area contributed by atoms with E-state index in [0.29, 0.717) is 12.0 Å². The number of hydrogen-bond acceptors (Lipinski definition) is 4. The van der Waals surface area contributed by atoms with Gasteiger partial charge in [-0.3, -0.25) is 4.79 Å². The number of aryl methyl sites for hydroxylation is 1. The summed E-state index contributed by atoms with van der Waals surface area (Å²) < 4.78 is 1.63. The van der Waals surface area contributed by atoms with E-state index in [2.05, 4.69) is 15.3 Å². The molecular formula is C16H26N4O. The number of nitrogens with zero attached hydrogens (tertiary/aromatic N) is 3. The van der Waals surface area contributed by atoms with Gasteiger partial charge >= 0.3 is 0 Å². The van der Waals surface area contributed by atoms with Gasteiger partial charge in [-0.15, -0.1) is 0 Å². The van der Waals surface area contributed by atoms with Crippen molar-refractivity contribution in [1.82, 2.24) is 15.1 Å². The first-order valence-corrected chi connectivity index (χ1v) is 8.27. The lowest BCUT2D eigenvalue weighted by atomic mass is 10.00. The van der Waals surface area contributed by atoms with E-state index in [1.54, 1.807) is 10.7 Å². The van der Waals surface area contributed by atoms with Crippen LogP contribution >= 0.6 is 0 Å². The molecule has 0 aromatic carbocycles. The molecule has 21 heavy (non-hydrogen) atoms. The second-order valence-corrected chi connectivity index (χ2v) is 6.34. The topological polar surface area (TPSA) is 50.2 Å². The summed E-state index contributed by atoms with van der Waals surface area (Å²) in [7, 11) is 2.04. The van der Waals surface area contributed by atoms with E-state index in [4.69, 9.17) is 0 Å². The van der Waals surface area contributed by atoms with Gasteiger partial charge in [0.2, 0.25) is 0 Å². The third-order valence-electron chi connectivity index (χ3n) is 5.07. The predicted molar refractivity (Wildman–Crippen MR) is 84.7 cm³/mol. The Morgan fingerprint density at radius 3 is 2.81 bits per heavy atom. The molecule has 2 fully saturated rings. The Morgan fingerprint density at radius 2 is 2.10 bits per heavy atom. The average molecular weight is 290 g/mol. The molecule has 1 aliphatic heterocycles. The van der Waals surface area contributed by atoms with Crippen molar-refractivity contribution >= 4 is 5.69 Å². The second kappa shape index (κ2) is 6.60. The molecule has 1 aliphatic carbocycles. The molecule has 2 unspecified atom stereocenters. The van der Waals surface area contributed by atoms with E-state index in [0.717, 1.165) is 31.7 Å². The molecule has 1 aromatic rings. The molecule has 3 rings (SSSR count). The Hall–Kier alpha value is -1.36. The molecule has 5 nitrogen and oxygen atoms in total. The van der Waals surface area contributed by atoms with Gasteiger partial charge < -0.3 is 10.2 Å². The first-order valence-electron chi connectivity index (χ1n) is 8.27. The zero-order chi connectivity index (χ0) is 14.7. The molecule has 1 saturated heterocycles. The van der Waals surface area contributed by atoms with Crippen LogP contribution < -0.4 is 15.8 Å². The minimum Gasteiger partial charge on any atom is -0.370 e. The van der Waals surface area contributed by atoms with E-state index in [9.17, 15) is 4.79 Å². The minimum atomic E-state index is 0.0402. The fraction of sp³-hybridized carbons (Fsp3) is 0.750. The molecule has 1 aromatic heterocycles. The van der Waals surface area contributed by atoms with Crippen molar-refractivity contribution in [2.75, 3.05) is 25.0 Å². The predicted octanol–water partition coefficient (Wildman–Crippen LogP) is 1.62. The Morgan fingerprint density at radius 1 is 1.29 bits per heavy atom. The average Bonchev–Trinajstić information content (AvgIpc) is 3.17. The van der Waals surface area contributed by atoms with Crippen LogP contribution in [-0.2, 0) is 6.54 Å². The Kier molecular flexibility index (Phi) is 4.58. The molecule has 1 saturated carbocycles. The first-order chi connectivity index (χ1) is 10.3. The van der Waals surface area contributed by atoms with Crippen molar-refractivity contribution in [2.24, 2.45) is 5.92 Å². The van der Waals surface area contributed by atoms with Crippen molar-refractivity contribution in [3.05, 3.63) is 22.6 Å². The van der Waals surface area contributed by atoms with Gasteiger partial charge in [0.1, 0.15) is 0 Å². The third kappa shape index (κ3) is 3.28. The Bertz CT molecular complexity index is 521. The first kappa shape index (κ1) is 14.6. The number of anilines is 1. The van der Waals surface area contributed by atoms with Crippen LogP contribution in [0.3, 0.4) is 0 Å². The number of nitrogens with one attached hydrogen (secondary N) is 1. The number of rotatable bonds is 5. The van der Waals surface area contributed by atoms with Gasteiger partial charge in [-0.05, 0) is 45.1 Å². The van der Waals surface area contributed by atoms with Gasteiger partial charge in [0.25, 0.3) is 5.56 Å². The fourth-order valence-electron chi connectivity index (χ4n) is 3.79. The molecule has 1 N–H and O–H groups in total. The summed E-state index contributed by atoms with van der Waals surface area (Å²) in [4.78, 5) is 14.5. The van der Waals surface area contributed by atoms with Crippen LogP contribution in [-0.4, -0.2) is 36.0 Å². The van der Waals surface area contributed by atoms with Gasteiger partial charge in [-0.25, -0.2) is 4.68 Å². The molecule has 0 amide bonds. The number of hydrogen-bond donors (Lipinski definition) is 1. The minimum absolute atomic E-state index is 0.0402. The maximum Gasteiger partial charge on any atom is 0.268 e. The third-order valence-corrected chi connectivity index (χ3v) is 5.07. The Balaban J connectivity index is 1.62. The second-order valence-electron chi connectivity index (χ2n) is 6.34. The van der Waals surface area contributed by atoms with Crippen LogP contribution in [0.4, 0.5) is 5.69 Å². The fourth-order valence-corrected chi connectivity index (χ4v) is 3.79. The van der Waals surface area contributed by atoms with E-state index in [1.165, 1.54) is 32.1 Å². The molecule has 116 valence electrons. The van der Waals surface area contributed by atoms with Gasteiger partial charge in [-0.1, -0.05) is 6.42 Å². The molecule has 2 heterocycles. The summed E-state index contributed by atoms with van der Waals surface area (Å²) in [6, 6.07) is 2.37. The standard InChI is InChI=1S/C16H26N4O/c1-17-15-6-4-5-13(15)7-10-20-16(21)11-14(12-18-20)19-8-2-3-9-19/h11-13,15,17H,2-10H2,1H3. The van der Waals surface area contributed by atoms with E-state index < -0.39 is 0 Å². The lowest BCUT2D eigenvalue weighted by Gasteiger charge is -2.20. The zero-order valence-corrected chi connectivity index (χ0v) is 12.9. The van der Waals surface area contributed by atoms with Gasteiger partial charge in [-0.2, -0.15) is 5.10 Å². The summed E-state index contributed by atoms with van der Waals surface area (Å²) in [5.74, 6) is 0.682. The van der Waals surface area contributed by atoms with E-state index in [-0.39, 0.29) is 5.56 Å². The van der Waals surface area contributed by atoms with E-state index in [1.807, 2.05) is 13.2 Å². The van der Waals surface area contributed by atoms with Crippen LogP contribution in [0.2, 0.25) is 0 Å². The largest absolute Gasteiger partial charge is 0.370 e. The summed E-state index contributed by atoms with van der Waals surface area (Å²) in [5.41, 5.74) is 1.03. The van der Waals surface area contributed by atoms with Crippen molar-refractivity contribution < 1.29 is 0 Å². The van der Waals surface area contributed by atoms with Crippen molar-refractivity contribution in [1.29, 1.82) is 0 Å². The maximum absolute atomic E-state index is 12.2. The van der Waals surface area contributed by atoms with Crippen molar-refractivity contribution in [3.8, 4) is 0 Å². The molecule has 0 spiro atoms. The van der Waals surface area contributed by atoms with Gasteiger partial charge in [0.15, 0.2) is 0 Å².